The molecule has 0 saturated heterocycles. The van der Waals surface area contributed by atoms with Gasteiger partial charge in [-0.1, -0.05) is 59.6 Å². The Kier molecular flexibility index (Phi) is 4.72. The van der Waals surface area contributed by atoms with E-state index >= 15 is 0 Å². The minimum absolute atomic E-state index is 0.146. The Morgan fingerprint density at radius 1 is 0.964 bits per heavy atom. The van der Waals surface area contributed by atoms with Crippen molar-refractivity contribution >= 4 is 28.5 Å². The van der Waals surface area contributed by atoms with Gasteiger partial charge in [0.25, 0.3) is 0 Å². The summed E-state index contributed by atoms with van der Waals surface area (Å²) in [5, 5.41) is 0.742. The molecule has 0 saturated carbocycles. The molecule has 0 atom stereocenters. The van der Waals surface area contributed by atoms with Gasteiger partial charge in [-0.2, -0.15) is 0 Å². The second-order valence-electron chi connectivity index (χ2n) is 6.35. The molecular weight excluding hydrogens is 376 g/mol. The Balaban J connectivity index is 1.89. The number of hydrogen-bond donors (Lipinski definition) is 0. The first-order valence-electron chi connectivity index (χ1n) is 8.63. The Morgan fingerprint density at radius 3 is 2.46 bits per heavy atom. The summed E-state index contributed by atoms with van der Waals surface area (Å²) in [6.07, 6.45) is 0. The normalized spacial score (nSPS) is 10.8. The largest absolute Gasteiger partial charge is 0.452 e. The Bertz CT molecular complexity index is 1240. The van der Waals surface area contributed by atoms with Gasteiger partial charge in [0.15, 0.2) is 5.76 Å². The van der Waals surface area contributed by atoms with Gasteiger partial charge in [0, 0.05) is 10.6 Å². The summed E-state index contributed by atoms with van der Waals surface area (Å²) in [5.41, 5.74) is 1.96. The van der Waals surface area contributed by atoms with E-state index in [9.17, 15) is 9.59 Å². The van der Waals surface area contributed by atoms with Crippen LogP contribution in [0.2, 0.25) is 5.02 Å². The zero-order valence-electron chi connectivity index (χ0n) is 14.9. The number of carbonyl (C=O) groups is 1. The van der Waals surface area contributed by atoms with E-state index in [-0.39, 0.29) is 17.1 Å². The van der Waals surface area contributed by atoms with E-state index in [0.717, 1.165) is 5.56 Å². The van der Waals surface area contributed by atoms with Gasteiger partial charge in [-0.25, -0.2) is 4.79 Å². The standard InChI is InChI=1S/C23H15ClO4/c1-14-9-11-15(12-10-14)21-22(20(25)18-7-2-3-8-19(18)27-21)28-23(26)16-5-4-6-17(24)13-16/h2-13H,1H3. The highest BCUT2D eigenvalue weighted by atomic mass is 35.5. The molecule has 5 heteroatoms. The van der Waals surface area contributed by atoms with Gasteiger partial charge >= 0.3 is 5.97 Å². The topological polar surface area (TPSA) is 56.5 Å². The van der Waals surface area contributed by atoms with Crippen LogP contribution in [-0.4, -0.2) is 5.97 Å². The highest BCUT2D eigenvalue weighted by Crippen LogP contribution is 2.31. The van der Waals surface area contributed by atoms with Crippen LogP contribution in [0.4, 0.5) is 0 Å². The molecule has 0 unspecified atom stereocenters. The first kappa shape index (κ1) is 18.0. The first-order chi connectivity index (χ1) is 13.5. The maximum Gasteiger partial charge on any atom is 0.343 e. The van der Waals surface area contributed by atoms with Gasteiger partial charge < -0.3 is 9.15 Å². The highest BCUT2D eigenvalue weighted by Gasteiger charge is 2.21. The highest BCUT2D eigenvalue weighted by molar-refractivity contribution is 6.30. The van der Waals surface area contributed by atoms with Crippen LogP contribution in [0.15, 0.2) is 82.0 Å². The average Bonchev–Trinajstić information content (AvgIpc) is 2.70. The van der Waals surface area contributed by atoms with Crippen molar-refractivity contribution in [3.05, 3.63) is 99.2 Å². The number of aryl methyl sites for hydroxylation is 1. The molecule has 0 spiro atoms. The molecule has 138 valence electrons. The SMILES string of the molecule is Cc1ccc(-c2oc3ccccc3c(=O)c2OC(=O)c2cccc(Cl)c2)cc1. The van der Waals surface area contributed by atoms with E-state index in [2.05, 4.69) is 0 Å². The number of carbonyl (C=O) groups excluding carboxylic acids is 1. The summed E-state index contributed by atoms with van der Waals surface area (Å²) < 4.78 is 11.5. The molecule has 0 aliphatic carbocycles. The van der Waals surface area contributed by atoms with Crippen LogP contribution in [0.1, 0.15) is 15.9 Å². The average molecular weight is 391 g/mol. The van der Waals surface area contributed by atoms with Crippen molar-refractivity contribution in [1.82, 2.24) is 0 Å². The number of esters is 1. The number of benzene rings is 3. The van der Waals surface area contributed by atoms with Gasteiger partial charge in [0.05, 0.1) is 10.9 Å². The minimum Gasteiger partial charge on any atom is -0.452 e. The van der Waals surface area contributed by atoms with E-state index in [0.29, 0.717) is 21.6 Å². The number of ether oxygens (including phenoxy) is 1. The maximum atomic E-state index is 13.1. The number of para-hydroxylation sites is 1. The Morgan fingerprint density at radius 2 is 1.71 bits per heavy atom. The van der Waals surface area contributed by atoms with Crippen molar-refractivity contribution in [2.24, 2.45) is 0 Å². The van der Waals surface area contributed by atoms with Gasteiger partial charge in [-0.3, -0.25) is 4.79 Å². The van der Waals surface area contributed by atoms with Gasteiger partial charge in [0.1, 0.15) is 5.58 Å². The molecule has 0 amide bonds. The number of halogens is 1. The predicted octanol–water partition coefficient (Wildman–Crippen LogP) is 5.64. The van der Waals surface area contributed by atoms with Crippen LogP contribution in [0.3, 0.4) is 0 Å². The smallest absolute Gasteiger partial charge is 0.343 e. The first-order valence-corrected chi connectivity index (χ1v) is 9.01. The van der Waals surface area contributed by atoms with E-state index < -0.39 is 11.4 Å². The van der Waals surface area contributed by atoms with E-state index in [4.69, 9.17) is 20.8 Å². The molecular formula is C23H15ClO4. The van der Waals surface area contributed by atoms with Crippen molar-refractivity contribution in [1.29, 1.82) is 0 Å². The van der Waals surface area contributed by atoms with Crippen LogP contribution < -0.4 is 10.2 Å². The second-order valence-corrected chi connectivity index (χ2v) is 6.79. The predicted molar refractivity (Wildman–Crippen MR) is 109 cm³/mol. The Labute approximate surface area is 166 Å². The quantitative estimate of drug-likeness (QED) is 0.425. The Hall–Kier alpha value is -3.37. The van der Waals surface area contributed by atoms with Crippen LogP contribution in [0.25, 0.3) is 22.3 Å². The van der Waals surface area contributed by atoms with Crippen LogP contribution in [0.5, 0.6) is 5.75 Å². The lowest BCUT2D eigenvalue weighted by Gasteiger charge is -2.11. The fourth-order valence-electron chi connectivity index (χ4n) is 2.88. The van der Waals surface area contributed by atoms with Gasteiger partial charge in [-0.15, -0.1) is 0 Å². The molecule has 0 N–H and O–H groups in total. The van der Waals surface area contributed by atoms with Crippen molar-refractivity contribution in [3.8, 4) is 17.1 Å². The molecule has 4 nitrogen and oxygen atoms in total. The number of rotatable bonds is 3. The summed E-state index contributed by atoms with van der Waals surface area (Å²) >= 11 is 5.96. The molecule has 4 aromatic rings. The monoisotopic (exact) mass is 390 g/mol. The van der Waals surface area contributed by atoms with Gasteiger partial charge in [-0.05, 0) is 37.3 Å². The molecule has 0 aliphatic rings. The molecule has 0 radical (unpaired) electrons. The summed E-state index contributed by atoms with van der Waals surface area (Å²) in [6, 6.07) is 20.6. The molecule has 1 aromatic heterocycles. The maximum absolute atomic E-state index is 13.1. The van der Waals surface area contributed by atoms with Crippen molar-refractivity contribution < 1.29 is 13.9 Å². The van der Waals surface area contributed by atoms with E-state index in [1.165, 1.54) is 6.07 Å². The van der Waals surface area contributed by atoms with Gasteiger partial charge in [0.2, 0.25) is 11.2 Å². The summed E-state index contributed by atoms with van der Waals surface area (Å²) in [6.45, 7) is 1.96. The van der Waals surface area contributed by atoms with Crippen LogP contribution in [0, 0.1) is 6.92 Å². The third-order valence-corrected chi connectivity index (χ3v) is 4.56. The zero-order valence-corrected chi connectivity index (χ0v) is 15.7. The fourth-order valence-corrected chi connectivity index (χ4v) is 3.07. The molecule has 0 bridgehead atoms. The molecule has 1 heterocycles. The fraction of sp³-hybridized carbons (Fsp3) is 0.0435. The molecule has 28 heavy (non-hydrogen) atoms. The molecule has 0 fully saturated rings. The third-order valence-electron chi connectivity index (χ3n) is 4.32. The van der Waals surface area contributed by atoms with Crippen molar-refractivity contribution in [2.45, 2.75) is 6.92 Å². The van der Waals surface area contributed by atoms with E-state index in [1.54, 1.807) is 42.5 Å². The second kappa shape index (κ2) is 7.33. The third kappa shape index (κ3) is 3.42. The van der Waals surface area contributed by atoms with E-state index in [1.807, 2.05) is 31.2 Å². The lowest BCUT2D eigenvalue weighted by atomic mass is 10.1. The number of fused-ring (bicyclic) bond motifs is 1. The molecule has 0 aliphatic heterocycles. The number of hydrogen-bond acceptors (Lipinski definition) is 4. The molecule has 4 rings (SSSR count). The van der Waals surface area contributed by atoms with Crippen molar-refractivity contribution in [3.63, 3.8) is 0 Å². The lowest BCUT2D eigenvalue weighted by Crippen LogP contribution is -2.16. The summed E-state index contributed by atoms with van der Waals surface area (Å²) in [4.78, 5) is 25.7. The summed E-state index contributed by atoms with van der Waals surface area (Å²) in [7, 11) is 0. The summed E-state index contributed by atoms with van der Waals surface area (Å²) in [5.74, 6) is -0.620. The van der Waals surface area contributed by atoms with Crippen LogP contribution in [-0.2, 0) is 0 Å². The lowest BCUT2D eigenvalue weighted by molar-refractivity contribution is 0.0731. The zero-order chi connectivity index (χ0) is 19.7. The van der Waals surface area contributed by atoms with Crippen molar-refractivity contribution in [2.75, 3.05) is 0 Å². The van der Waals surface area contributed by atoms with Crippen LogP contribution >= 0.6 is 11.6 Å². The molecule has 3 aromatic carbocycles. The minimum atomic E-state index is -0.682.